The number of non-ortho nitro benzene ring substituents is 1. The van der Waals surface area contributed by atoms with Crippen LogP contribution in [0, 0.1) is 21.4 Å². The Hall–Kier alpha value is -6.61. The Bertz CT molecular complexity index is 2220. The molecule has 4 aromatic carbocycles. The van der Waals surface area contributed by atoms with E-state index in [0.29, 0.717) is 33.5 Å². The molecule has 0 saturated carbocycles. The molecule has 238 valence electrons. The van der Waals surface area contributed by atoms with Crippen molar-refractivity contribution < 1.29 is 23.6 Å². The van der Waals surface area contributed by atoms with Gasteiger partial charge in [-0.3, -0.25) is 19.8 Å². The lowest BCUT2D eigenvalue weighted by Crippen LogP contribution is -2.61. The topological polar surface area (TPSA) is 165 Å². The number of nitrogens with zero attached hydrogens (tertiary/aromatic N) is 4. The molecule has 1 fully saturated rings. The molecule has 1 saturated heterocycles. The highest BCUT2D eigenvalue weighted by molar-refractivity contribution is 6.05. The monoisotopic (exact) mass is 641 g/mol. The van der Waals surface area contributed by atoms with E-state index in [1.54, 1.807) is 65.6 Å². The van der Waals surface area contributed by atoms with Crippen LogP contribution >= 0.6 is 0 Å². The van der Waals surface area contributed by atoms with Crippen molar-refractivity contribution in [2.45, 2.75) is 18.1 Å². The molecule has 2 aliphatic heterocycles. The van der Waals surface area contributed by atoms with Crippen LogP contribution in [0.25, 0.3) is 11.0 Å². The number of amides is 1. The van der Waals surface area contributed by atoms with Gasteiger partial charge in [0.15, 0.2) is 5.75 Å². The quantitative estimate of drug-likeness (QED) is 0.103. The maximum absolute atomic E-state index is 13.6. The molecule has 5 aromatic rings. The molecule has 7 rings (SSSR count). The summed E-state index contributed by atoms with van der Waals surface area (Å²) in [5, 5.41) is 21.8. The van der Waals surface area contributed by atoms with Crippen molar-refractivity contribution in [3.8, 4) is 17.6 Å². The number of nitro benzene ring substituents is 1. The number of nitro groups is 1. The second kappa shape index (κ2) is 11.6. The van der Waals surface area contributed by atoms with Crippen molar-refractivity contribution in [1.82, 2.24) is 0 Å². The van der Waals surface area contributed by atoms with Crippen LogP contribution in [0.3, 0.4) is 0 Å². The molecular weight excluding hydrogens is 614 g/mol. The highest BCUT2D eigenvalue weighted by Crippen LogP contribution is 2.45. The molecule has 0 radical (unpaired) electrons. The Kier molecular flexibility index (Phi) is 7.29. The molecule has 3 atom stereocenters. The summed E-state index contributed by atoms with van der Waals surface area (Å²) in [5.74, 6) is -0.679. The Labute approximate surface area is 273 Å². The molecular formula is C36H27N5O7. The van der Waals surface area contributed by atoms with E-state index in [-0.39, 0.29) is 34.4 Å². The number of benzene rings is 4. The van der Waals surface area contributed by atoms with E-state index >= 15 is 0 Å². The SMILES string of the molecule is CN(C)c1ccc(N2C(=O)[C@H](Oc3ccc(C4C(C#N)=C(N)Oc5c4c(=O)oc4ccccc54)cc3)[C@@H]2c2ccc([N+](=O)[O-])cc2)cc1. The fourth-order valence-corrected chi connectivity index (χ4v) is 6.18. The van der Waals surface area contributed by atoms with Gasteiger partial charge in [-0.25, -0.2) is 4.79 Å². The van der Waals surface area contributed by atoms with Gasteiger partial charge in [-0.1, -0.05) is 24.3 Å². The van der Waals surface area contributed by atoms with Crippen molar-refractivity contribution in [1.29, 1.82) is 5.26 Å². The van der Waals surface area contributed by atoms with Gasteiger partial charge in [0, 0.05) is 37.6 Å². The summed E-state index contributed by atoms with van der Waals surface area (Å²) < 4.78 is 17.6. The van der Waals surface area contributed by atoms with Crippen LogP contribution in [-0.4, -0.2) is 31.0 Å². The van der Waals surface area contributed by atoms with Crippen LogP contribution < -0.4 is 30.6 Å². The Morgan fingerprint density at radius 1 is 0.938 bits per heavy atom. The first kappa shape index (κ1) is 30.1. The van der Waals surface area contributed by atoms with E-state index in [4.69, 9.17) is 19.6 Å². The third-order valence-corrected chi connectivity index (χ3v) is 8.59. The average Bonchev–Trinajstić information content (AvgIpc) is 3.09. The molecule has 48 heavy (non-hydrogen) atoms. The van der Waals surface area contributed by atoms with Gasteiger partial charge in [-0.15, -0.1) is 0 Å². The first-order valence-corrected chi connectivity index (χ1v) is 14.9. The second-order valence-corrected chi connectivity index (χ2v) is 11.6. The Balaban J connectivity index is 1.22. The molecule has 1 amide bonds. The van der Waals surface area contributed by atoms with E-state index in [1.807, 2.05) is 43.3 Å². The number of nitriles is 1. The lowest BCUT2D eigenvalue weighted by atomic mass is 9.84. The molecule has 12 nitrogen and oxygen atoms in total. The predicted molar refractivity (Wildman–Crippen MR) is 177 cm³/mol. The van der Waals surface area contributed by atoms with Crippen LogP contribution in [0.1, 0.15) is 28.7 Å². The zero-order valence-corrected chi connectivity index (χ0v) is 25.7. The maximum Gasteiger partial charge on any atom is 0.344 e. The largest absolute Gasteiger partial charge is 0.478 e. The highest BCUT2D eigenvalue weighted by Gasteiger charge is 2.51. The third-order valence-electron chi connectivity index (χ3n) is 8.59. The van der Waals surface area contributed by atoms with Crippen molar-refractivity contribution in [2.75, 3.05) is 23.9 Å². The number of carbonyl (C=O) groups is 1. The molecule has 0 aliphatic carbocycles. The number of rotatable bonds is 7. The standard InChI is InChI=1S/C36H27N5O7/c1-39(2)22-13-15-23(16-14-22)40-31(21-7-11-24(12-8-21)41(44)45)33(35(40)42)46-25-17-9-20(10-18-25)29-27(19-37)34(38)48-32-26-5-3-4-6-28(26)47-36(43)30(29)32/h3-18,29,31,33H,38H2,1-2H3/t29?,31-,33+/m0/s1. The minimum absolute atomic E-state index is 0.0575. The van der Waals surface area contributed by atoms with E-state index < -0.39 is 28.6 Å². The van der Waals surface area contributed by atoms with E-state index in [0.717, 1.165) is 5.69 Å². The zero-order valence-electron chi connectivity index (χ0n) is 25.7. The van der Waals surface area contributed by atoms with Crippen molar-refractivity contribution in [3.63, 3.8) is 0 Å². The average molecular weight is 642 g/mol. The number of carbonyl (C=O) groups excluding carboxylic acids is 1. The molecule has 1 aromatic heterocycles. The summed E-state index contributed by atoms with van der Waals surface area (Å²) in [6.45, 7) is 0. The molecule has 2 aliphatic rings. The van der Waals surface area contributed by atoms with Gasteiger partial charge in [0.2, 0.25) is 12.0 Å². The number of ether oxygens (including phenoxy) is 2. The van der Waals surface area contributed by atoms with Crippen molar-refractivity contribution >= 4 is 33.9 Å². The second-order valence-electron chi connectivity index (χ2n) is 11.6. The number of nitrogens with two attached hydrogens (primary N) is 1. The third kappa shape index (κ3) is 4.94. The molecule has 12 heteroatoms. The smallest absolute Gasteiger partial charge is 0.344 e. The zero-order chi connectivity index (χ0) is 33.7. The number of hydrogen-bond donors (Lipinski definition) is 1. The van der Waals surface area contributed by atoms with Crippen LogP contribution in [0.2, 0.25) is 0 Å². The summed E-state index contributed by atoms with van der Waals surface area (Å²) in [4.78, 5) is 41.2. The van der Waals surface area contributed by atoms with Crippen LogP contribution in [0.15, 0.2) is 118 Å². The van der Waals surface area contributed by atoms with E-state index in [2.05, 4.69) is 6.07 Å². The van der Waals surface area contributed by atoms with E-state index in [9.17, 15) is 25.0 Å². The van der Waals surface area contributed by atoms with Gasteiger partial charge in [0.1, 0.15) is 29.0 Å². The van der Waals surface area contributed by atoms with Gasteiger partial charge in [0.05, 0.1) is 21.8 Å². The van der Waals surface area contributed by atoms with Crippen LogP contribution in [0.4, 0.5) is 17.1 Å². The fourth-order valence-electron chi connectivity index (χ4n) is 6.18. The maximum atomic E-state index is 13.6. The van der Waals surface area contributed by atoms with Gasteiger partial charge >= 0.3 is 5.63 Å². The lowest BCUT2D eigenvalue weighted by Gasteiger charge is -2.46. The molecule has 3 heterocycles. The number of allylic oxidation sites excluding steroid dienone is 1. The summed E-state index contributed by atoms with van der Waals surface area (Å²) in [7, 11) is 3.84. The summed E-state index contributed by atoms with van der Waals surface area (Å²) in [6.07, 6.45) is -0.932. The summed E-state index contributed by atoms with van der Waals surface area (Å²) >= 11 is 0. The first-order chi connectivity index (χ1) is 23.2. The highest BCUT2D eigenvalue weighted by atomic mass is 16.6. The molecule has 2 N–H and O–H groups in total. The predicted octanol–water partition coefficient (Wildman–Crippen LogP) is 5.52. The lowest BCUT2D eigenvalue weighted by molar-refractivity contribution is -0.384. The number of anilines is 2. The fraction of sp³-hybridized carbons (Fsp3) is 0.139. The van der Waals surface area contributed by atoms with E-state index in [1.165, 1.54) is 12.1 Å². The number of hydrogen-bond acceptors (Lipinski definition) is 10. The Morgan fingerprint density at radius 3 is 2.25 bits per heavy atom. The van der Waals surface area contributed by atoms with Crippen molar-refractivity contribution in [2.24, 2.45) is 5.73 Å². The van der Waals surface area contributed by atoms with Gasteiger partial charge in [-0.05, 0) is 71.8 Å². The van der Waals surface area contributed by atoms with Crippen LogP contribution in [0.5, 0.6) is 11.5 Å². The Morgan fingerprint density at radius 2 is 1.60 bits per heavy atom. The minimum atomic E-state index is -0.932. The summed E-state index contributed by atoms with van der Waals surface area (Å²) in [5.41, 5.74) is 8.83. The van der Waals surface area contributed by atoms with Crippen LogP contribution in [-0.2, 0) is 4.79 Å². The number of β-lactam (4-membered cyclic amide) rings is 1. The molecule has 0 bridgehead atoms. The van der Waals surface area contributed by atoms with Gasteiger partial charge in [-0.2, -0.15) is 5.26 Å². The molecule has 0 spiro atoms. The number of para-hydroxylation sites is 1. The first-order valence-electron chi connectivity index (χ1n) is 14.9. The van der Waals surface area contributed by atoms with Gasteiger partial charge < -0.3 is 24.5 Å². The van der Waals surface area contributed by atoms with Gasteiger partial charge in [0.25, 0.3) is 11.6 Å². The number of fused-ring (bicyclic) bond motifs is 3. The summed E-state index contributed by atoms with van der Waals surface area (Å²) in [6, 6.07) is 28.6. The normalized spacial score (nSPS) is 18.4. The minimum Gasteiger partial charge on any atom is -0.478 e. The molecule has 1 unspecified atom stereocenters. The van der Waals surface area contributed by atoms with Crippen molar-refractivity contribution in [3.05, 3.63) is 146 Å².